The molecule has 46 heavy (non-hydrogen) atoms. The van der Waals surface area contributed by atoms with Gasteiger partial charge in [-0.05, 0) is 92.3 Å². The van der Waals surface area contributed by atoms with E-state index in [-0.39, 0.29) is 30.5 Å². The lowest BCUT2D eigenvalue weighted by Crippen LogP contribution is -2.40. The lowest BCUT2D eigenvalue weighted by molar-refractivity contribution is -0.139. The first-order valence-electron chi connectivity index (χ1n) is 14.6. The van der Waals surface area contributed by atoms with E-state index in [4.69, 9.17) is 29.2 Å². The fourth-order valence-electron chi connectivity index (χ4n) is 5.13. The molecule has 0 N–H and O–H groups in total. The van der Waals surface area contributed by atoms with E-state index in [0.29, 0.717) is 49.0 Å². The summed E-state index contributed by atoms with van der Waals surface area (Å²) in [6.45, 7) is 7.74. The smallest absolute Gasteiger partial charge is 0.338 e. The van der Waals surface area contributed by atoms with E-state index < -0.39 is 12.0 Å². The van der Waals surface area contributed by atoms with Crippen molar-refractivity contribution in [3.63, 3.8) is 0 Å². The molecule has 9 nitrogen and oxygen atoms in total. The van der Waals surface area contributed by atoms with E-state index >= 15 is 0 Å². The van der Waals surface area contributed by atoms with Gasteiger partial charge in [0.05, 0.1) is 47.3 Å². The number of ether oxygens (including phenoxy) is 4. The molecule has 1 atom stereocenters. The van der Waals surface area contributed by atoms with E-state index in [1.807, 2.05) is 62.4 Å². The second kappa shape index (κ2) is 14.3. The number of hydrogen-bond donors (Lipinski definition) is 0. The van der Waals surface area contributed by atoms with Gasteiger partial charge < -0.3 is 18.9 Å². The molecule has 1 aliphatic heterocycles. The van der Waals surface area contributed by atoms with Gasteiger partial charge >= 0.3 is 5.97 Å². The van der Waals surface area contributed by atoms with E-state index in [9.17, 15) is 9.59 Å². The van der Waals surface area contributed by atoms with Gasteiger partial charge in [0.2, 0.25) is 0 Å². The van der Waals surface area contributed by atoms with Crippen molar-refractivity contribution in [3.8, 4) is 23.3 Å². The molecule has 0 saturated heterocycles. The molecule has 0 spiro atoms. The number of halogens is 1. The number of fused-ring (bicyclic) bond motifs is 1. The second-order valence-electron chi connectivity index (χ2n) is 10.6. The number of aromatic nitrogens is 1. The molecule has 0 amide bonds. The van der Waals surface area contributed by atoms with Crippen LogP contribution in [0.5, 0.6) is 17.2 Å². The van der Waals surface area contributed by atoms with Crippen LogP contribution in [0.15, 0.2) is 81.7 Å². The zero-order chi connectivity index (χ0) is 33.0. The van der Waals surface area contributed by atoms with E-state index in [0.717, 1.165) is 9.13 Å². The van der Waals surface area contributed by atoms with Crippen molar-refractivity contribution in [2.75, 3.05) is 13.7 Å². The number of carbonyl (C=O) groups excluding carboxylic acids is 1. The highest BCUT2D eigenvalue weighted by atomic mass is 127. The summed E-state index contributed by atoms with van der Waals surface area (Å²) >= 11 is 3.42. The topological polar surface area (TPSA) is 112 Å². The maximum atomic E-state index is 14.3. The molecular formula is C35H32IN3O6S. The molecule has 0 saturated carbocycles. The Bertz CT molecular complexity index is 2040. The molecule has 5 rings (SSSR count). The van der Waals surface area contributed by atoms with Gasteiger partial charge in [-0.3, -0.25) is 9.36 Å². The highest BCUT2D eigenvalue weighted by Gasteiger charge is 2.35. The molecule has 1 aromatic heterocycles. The van der Waals surface area contributed by atoms with Gasteiger partial charge in [-0.1, -0.05) is 41.7 Å². The largest absolute Gasteiger partial charge is 0.493 e. The summed E-state index contributed by atoms with van der Waals surface area (Å²) in [7, 11) is 1.56. The maximum absolute atomic E-state index is 14.3. The van der Waals surface area contributed by atoms with Crippen molar-refractivity contribution in [2.24, 2.45) is 4.99 Å². The minimum atomic E-state index is -0.815. The fourth-order valence-corrected chi connectivity index (χ4v) is 6.78. The zero-order valence-corrected chi connectivity index (χ0v) is 29.0. The van der Waals surface area contributed by atoms with Crippen LogP contribution in [0.4, 0.5) is 0 Å². The lowest BCUT2D eigenvalue weighted by atomic mass is 9.95. The minimum absolute atomic E-state index is 0.133. The van der Waals surface area contributed by atoms with E-state index in [1.165, 1.54) is 11.3 Å². The summed E-state index contributed by atoms with van der Waals surface area (Å²) in [6.07, 6.45) is 1.63. The molecule has 0 radical (unpaired) electrons. The third kappa shape index (κ3) is 6.88. The highest BCUT2D eigenvalue weighted by molar-refractivity contribution is 14.1. The number of para-hydroxylation sites is 1. The molecule has 2 heterocycles. The van der Waals surface area contributed by atoms with Gasteiger partial charge in [0.15, 0.2) is 16.3 Å². The Hall–Kier alpha value is -4.41. The Morgan fingerprint density at radius 2 is 1.89 bits per heavy atom. The predicted molar refractivity (Wildman–Crippen MR) is 184 cm³/mol. The zero-order valence-electron chi connectivity index (χ0n) is 26.0. The molecule has 1 aliphatic rings. The van der Waals surface area contributed by atoms with Crippen molar-refractivity contribution in [3.05, 3.63) is 117 Å². The number of allylic oxidation sites excluding steroid dienone is 1. The molecule has 3 aromatic carbocycles. The Balaban J connectivity index is 1.67. The number of nitriles is 1. The first-order valence-corrected chi connectivity index (χ1v) is 16.5. The van der Waals surface area contributed by atoms with Gasteiger partial charge in [-0.25, -0.2) is 9.79 Å². The van der Waals surface area contributed by atoms with Crippen LogP contribution in [-0.4, -0.2) is 30.4 Å². The average Bonchev–Trinajstić information content (AvgIpc) is 3.33. The molecule has 0 aliphatic carbocycles. The van der Waals surface area contributed by atoms with Gasteiger partial charge in [0.25, 0.3) is 5.56 Å². The molecular weight excluding hydrogens is 717 g/mol. The first kappa shape index (κ1) is 33.0. The van der Waals surface area contributed by atoms with E-state index in [1.54, 1.807) is 43.7 Å². The number of hydrogen-bond acceptors (Lipinski definition) is 9. The maximum Gasteiger partial charge on any atom is 0.338 e. The van der Waals surface area contributed by atoms with Crippen molar-refractivity contribution >= 4 is 46.0 Å². The Morgan fingerprint density at radius 1 is 1.15 bits per heavy atom. The summed E-state index contributed by atoms with van der Waals surface area (Å²) in [5, 5.41) is 9.13. The van der Waals surface area contributed by atoms with Crippen molar-refractivity contribution in [1.29, 1.82) is 5.26 Å². The third-order valence-electron chi connectivity index (χ3n) is 7.11. The first-order chi connectivity index (χ1) is 22.1. The Kier molecular flexibility index (Phi) is 10.3. The lowest BCUT2D eigenvalue weighted by Gasteiger charge is -2.26. The number of methoxy groups -OCH3 is 1. The summed E-state index contributed by atoms with van der Waals surface area (Å²) in [4.78, 5) is 32.8. The molecule has 4 aromatic rings. The average molecular weight is 750 g/mol. The molecule has 0 bridgehead atoms. The van der Waals surface area contributed by atoms with Crippen LogP contribution < -0.4 is 29.1 Å². The van der Waals surface area contributed by atoms with Crippen LogP contribution in [-0.2, 0) is 16.1 Å². The van der Waals surface area contributed by atoms with Crippen LogP contribution >= 0.6 is 33.9 Å². The SMILES string of the molecule is CCOC(=O)C1=C(C)N=c2s/c(=C\c3cc(I)cc(OC)c3OCc3ccc(C#N)cc3)c(=O)n2[C@@H]1c1ccccc1OC(C)C. The molecule has 0 fully saturated rings. The number of benzene rings is 3. The normalized spacial score (nSPS) is 14.4. The van der Waals surface area contributed by atoms with Crippen LogP contribution in [0.25, 0.3) is 6.08 Å². The van der Waals surface area contributed by atoms with Crippen LogP contribution in [0.2, 0.25) is 0 Å². The molecule has 236 valence electrons. The van der Waals surface area contributed by atoms with Gasteiger partial charge in [-0.2, -0.15) is 5.26 Å². The minimum Gasteiger partial charge on any atom is -0.493 e. The van der Waals surface area contributed by atoms with Crippen LogP contribution in [0.1, 0.15) is 56.0 Å². The molecule has 11 heteroatoms. The Morgan fingerprint density at radius 3 is 2.57 bits per heavy atom. The van der Waals surface area contributed by atoms with Crippen molar-refractivity contribution in [1.82, 2.24) is 4.57 Å². The van der Waals surface area contributed by atoms with Crippen LogP contribution in [0, 0.1) is 14.9 Å². The van der Waals surface area contributed by atoms with Gasteiger partial charge in [0, 0.05) is 14.7 Å². The van der Waals surface area contributed by atoms with Crippen LogP contribution in [0.3, 0.4) is 0 Å². The molecule has 0 unspecified atom stereocenters. The monoisotopic (exact) mass is 749 g/mol. The highest BCUT2D eigenvalue weighted by Crippen LogP contribution is 2.37. The van der Waals surface area contributed by atoms with Gasteiger partial charge in [-0.15, -0.1) is 0 Å². The van der Waals surface area contributed by atoms with Crippen molar-refractivity contribution < 1.29 is 23.7 Å². The summed E-state index contributed by atoms with van der Waals surface area (Å²) < 4.78 is 26.4. The predicted octanol–water partition coefficient (Wildman–Crippen LogP) is 5.65. The number of nitrogens with zero attached hydrogens (tertiary/aromatic N) is 3. The fraction of sp³-hybridized carbons (Fsp3) is 0.257. The number of carbonyl (C=O) groups is 1. The Labute approximate surface area is 284 Å². The number of esters is 1. The standard InChI is InChI=1S/C35H32IN3O6S/c1-6-43-34(41)30-21(4)38-35-39(31(30)26-9-7-8-10-27(26)45-20(2)3)33(40)29(46-35)16-24-15-25(36)17-28(42-5)32(24)44-19-23-13-11-22(18-37)12-14-23/h7-17,20,31H,6,19H2,1-5H3/b29-16-/t31-/m1/s1. The van der Waals surface area contributed by atoms with Crippen molar-refractivity contribution in [2.45, 2.75) is 46.4 Å². The van der Waals surface area contributed by atoms with Gasteiger partial charge in [0.1, 0.15) is 18.4 Å². The summed E-state index contributed by atoms with van der Waals surface area (Å²) in [5.74, 6) is 1.00. The summed E-state index contributed by atoms with van der Waals surface area (Å²) in [5.41, 5.74) is 3.16. The number of thiazole rings is 1. The third-order valence-corrected chi connectivity index (χ3v) is 8.72. The quantitative estimate of drug-likeness (QED) is 0.152. The number of rotatable bonds is 10. The van der Waals surface area contributed by atoms with E-state index in [2.05, 4.69) is 28.7 Å². The second-order valence-corrected chi connectivity index (χ2v) is 12.9. The summed E-state index contributed by atoms with van der Waals surface area (Å²) in [6, 6.07) is 19.6.